The largest absolute Gasteiger partial charge is 0.450 e. The van der Waals surface area contributed by atoms with Crippen LogP contribution in [0.1, 0.15) is 24.4 Å². The molecule has 0 spiro atoms. The molecule has 156 valence electrons. The number of nitro groups is 1. The van der Waals surface area contributed by atoms with Gasteiger partial charge in [0, 0.05) is 18.8 Å². The number of ether oxygens (including phenoxy) is 1. The average Bonchev–Trinajstić information content (AvgIpc) is 3.18. The van der Waals surface area contributed by atoms with Gasteiger partial charge in [0.05, 0.1) is 11.0 Å². The number of rotatable bonds is 9. The number of carbonyl (C=O) groups is 2. The maximum absolute atomic E-state index is 12.4. The zero-order valence-corrected chi connectivity index (χ0v) is 16.5. The normalized spacial score (nSPS) is 11.3. The first-order valence-corrected chi connectivity index (χ1v) is 9.94. The van der Waals surface area contributed by atoms with Crippen LogP contribution in [0.5, 0.6) is 0 Å². The van der Waals surface area contributed by atoms with E-state index in [1.165, 1.54) is 28.6 Å². The van der Waals surface area contributed by atoms with Crippen LogP contribution < -0.4 is 5.32 Å². The molecule has 1 amide bonds. The lowest BCUT2D eigenvalue weighted by Gasteiger charge is -2.18. The van der Waals surface area contributed by atoms with Crippen molar-refractivity contribution >= 4 is 33.5 Å². The van der Waals surface area contributed by atoms with Gasteiger partial charge >= 0.3 is 11.9 Å². The fourth-order valence-electron chi connectivity index (χ4n) is 2.36. The number of nitrogens with zero attached hydrogens (tertiary/aromatic N) is 2. The third-order valence-electron chi connectivity index (χ3n) is 3.79. The zero-order chi connectivity index (χ0) is 21.6. The summed E-state index contributed by atoms with van der Waals surface area (Å²) in [6.45, 7) is 3.48. The Kier molecular flexibility index (Phi) is 7.07. The predicted octanol–water partition coefficient (Wildman–Crippen LogP) is 2.01. The summed E-state index contributed by atoms with van der Waals surface area (Å²) in [5.41, 5.74) is 0.304. The molecule has 0 radical (unpaired) electrons. The zero-order valence-electron chi connectivity index (χ0n) is 15.7. The lowest BCUT2D eigenvalue weighted by molar-refractivity contribution is -0.402. The second kappa shape index (κ2) is 9.30. The number of anilines is 1. The summed E-state index contributed by atoms with van der Waals surface area (Å²) in [7, 11) is -3.61. The number of furan rings is 1. The number of hydrogen-bond acceptors (Lipinski definition) is 8. The minimum Gasteiger partial charge on any atom is -0.450 e. The van der Waals surface area contributed by atoms with Crippen LogP contribution in [0, 0.1) is 10.1 Å². The minimum atomic E-state index is -3.61. The highest BCUT2D eigenvalue weighted by Crippen LogP contribution is 2.19. The SMILES string of the molecule is CCN(CC)S(=O)(=O)c1ccc(NC(=O)COC(=O)c2ccc([N+](=O)[O-])o2)cc1. The van der Waals surface area contributed by atoms with Crippen LogP contribution in [0.4, 0.5) is 11.6 Å². The summed E-state index contributed by atoms with van der Waals surface area (Å²) in [6, 6.07) is 7.59. The Morgan fingerprint density at radius 2 is 1.76 bits per heavy atom. The van der Waals surface area contributed by atoms with Gasteiger partial charge < -0.3 is 14.5 Å². The highest BCUT2D eigenvalue weighted by atomic mass is 32.2. The number of hydrogen-bond donors (Lipinski definition) is 1. The average molecular weight is 425 g/mol. The second-order valence-corrected chi connectivity index (χ2v) is 7.57. The predicted molar refractivity (Wildman–Crippen MR) is 101 cm³/mol. The van der Waals surface area contributed by atoms with Gasteiger partial charge in [-0.15, -0.1) is 0 Å². The van der Waals surface area contributed by atoms with E-state index in [1.54, 1.807) is 13.8 Å². The van der Waals surface area contributed by atoms with Crippen LogP contribution >= 0.6 is 0 Å². The second-order valence-electron chi connectivity index (χ2n) is 5.63. The van der Waals surface area contributed by atoms with Crippen molar-refractivity contribution in [3.8, 4) is 0 Å². The van der Waals surface area contributed by atoms with Gasteiger partial charge in [0.25, 0.3) is 5.91 Å². The van der Waals surface area contributed by atoms with Crippen LogP contribution in [-0.2, 0) is 19.6 Å². The summed E-state index contributed by atoms with van der Waals surface area (Å²) in [4.78, 5) is 33.4. The van der Waals surface area contributed by atoms with Gasteiger partial charge in [-0.2, -0.15) is 4.31 Å². The lowest BCUT2D eigenvalue weighted by Crippen LogP contribution is -2.30. The van der Waals surface area contributed by atoms with E-state index in [-0.39, 0.29) is 4.90 Å². The highest BCUT2D eigenvalue weighted by Gasteiger charge is 2.22. The van der Waals surface area contributed by atoms with E-state index in [9.17, 15) is 28.1 Å². The molecule has 0 aliphatic carbocycles. The molecule has 1 aromatic carbocycles. The fourth-order valence-corrected chi connectivity index (χ4v) is 3.82. The van der Waals surface area contributed by atoms with Crippen LogP contribution in [-0.4, -0.2) is 49.2 Å². The third kappa shape index (κ3) is 5.39. The van der Waals surface area contributed by atoms with E-state index in [0.717, 1.165) is 12.1 Å². The van der Waals surface area contributed by atoms with E-state index >= 15 is 0 Å². The summed E-state index contributed by atoms with van der Waals surface area (Å²) in [6.07, 6.45) is 0. The molecule has 0 fully saturated rings. The molecule has 1 aromatic heterocycles. The van der Waals surface area contributed by atoms with Crippen LogP contribution in [0.15, 0.2) is 45.7 Å². The maximum atomic E-state index is 12.4. The van der Waals surface area contributed by atoms with Crippen molar-refractivity contribution in [1.82, 2.24) is 4.31 Å². The van der Waals surface area contributed by atoms with Crippen molar-refractivity contribution in [3.05, 3.63) is 52.3 Å². The van der Waals surface area contributed by atoms with Crippen molar-refractivity contribution in [1.29, 1.82) is 0 Å². The molecule has 0 aliphatic rings. The Morgan fingerprint density at radius 1 is 1.14 bits per heavy atom. The summed E-state index contributed by atoms with van der Waals surface area (Å²) >= 11 is 0. The Hall–Kier alpha value is -3.25. The first kappa shape index (κ1) is 22.0. The van der Waals surface area contributed by atoms with Crippen LogP contribution in [0.25, 0.3) is 0 Å². The van der Waals surface area contributed by atoms with Crippen molar-refractivity contribution in [2.45, 2.75) is 18.7 Å². The molecule has 0 aliphatic heterocycles. The van der Waals surface area contributed by atoms with E-state index < -0.39 is 45.1 Å². The van der Waals surface area contributed by atoms with Gasteiger partial charge in [0.1, 0.15) is 4.92 Å². The summed E-state index contributed by atoms with van der Waals surface area (Å²) in [5.74, 6) is -2.75. The molecule has 29 heavy (non-hydrogen) atoms. The lowest BCUT2D eigenvalue weighted by atomic mass is 10.3. The molecule has 0 unspecified atom stereocenters. The molecule has 2 rings (SSSR count). The van der Waals surface area contributed by atoms with Crippen molar-refractivity contribution in [2.24, 2.45) is 0 Å². The van der Waals surface area contributed by atoms with Gasteiger partial charge in [0.15, 0.2) is 6.61 Å². The number of benzene rings is 1. The van der Waals surface area contributed by atoms with E-state index in [0.29, 0.717) is 18.8 Å². The van der Waals surface area contributed by atoms with Crippen LogP contribution in [0.2, 0.25) is 0 Å². The van der Waals surface area contributed by atoms with E-state index in [1.807, 2.05) is 0 Å². The molecule has 11 nitrogen and oxygen atoms in total. The Balaban J connectivity index is 1.93. The van der Waals surface area contributed by atoms with Crippen molar-refractivity contribution in [3.63, 3.8) is 0 Å². The van der Waals surface area contributed by atoms with Gasteiger partial charge in [-0.05, 0) is 30.3 Å². The monoisotopic (exact) mass is 425 g/mol. The van der Waals surface area contributed by atoms with Crippen LogP contribution in [0.3, 0.4) is 0 Å². The topological polar surface area (TPSA) is 149 Å². The molecule has 12 heteroatoms. The summed E-state index contributed by atoms with van der Waals surface area (Å²) < 4.78 is 35.5. The van der Waals surface area contributed by atoms with Gasteiger partial charge in [-0.25, -0.2) is 13.2 Å². The van der Waals surface area contributed by atoms with Crippen molar-refractivity contribution < 1.29 is 32.1 Å². The minimum absolute atomic E-state index is 0.0880. The highest BCUT2D eigenvalue weighted by molar-refractivity contribution is 7.89. The van der Waals surface area contributed by atoms with Gasteiger partial charge in [-0.1, -0.05) is 13.8 Å². The molecular formula is C17H19N3O8S. The van der Waals surface area contributed by atoms with Gasteiger partial charge in [-0.3, -0.25) is 14.9 Å². The quantitative estimate of drug-likeness (QED) is 0.364. The number of nitrogens with one attached hydrogen (secondary N) is 1. The standard InChI is InChI=1S/C17H19N3O8S/c1-3-19(4-2)29(25,26)13-7-5-12(6-8-13)18-15(21)11-27-17(22)14-9-10-16(28-14)20(23)24/h5-10H,3-4,11H2,1-2H3,(H,18,21). The Labute approximate surface area is 166 Å². The summed E-state index contributed by atoms with van der Waals surface area (Å²) in [5, 5.41) is 13.0. The van der Waals surface area contributed by atoms with E-state index in [2.05, 4.69) is 9.73 Å². The molecule has 0 atom stereocenters. The first-order chi connectivity index (χ1) is 13.7. The molecule has 0 bridgehead atoms. The van der Waals surface area contributed by atoms with Crippen molar-refractivity contribution in [2.75, 3.05) is 25.0 Å². The molecular weight excluding hydrogens is 406 g/mol. The maximum Gasteiger partial charge on any atom is 0.433 e. The Bertz CT molecular complexity index is 994. The molecule has 0 saturated carbocycles. The third-order valence-corrected chi connectivity index (χ3v) is 5.85. The molecule has 1 N–H and O–H groups in total. The number of esters is 1. The first-order valence-electron chi connectivity index (χ1n) is 8.50. The smallest absolute Gasteiger partial charge is 0.433 e. The fraction of sp³-hybridized carbons (Fsp3) is 0.294. The number of carbonyl (C=O) groups excluding carboxylic acids is 2. The molecule has 0 saturated heterocycles. The molecule has 1 heterocycles. The van der Waals surface area contributed by atoms with Gasteiger partial charge in [0.2, 0.25) is 15.8 Å². The van der Waals surface area contributed by atoms with E-state index in [4.69, 9.17) is 4.74 Å². The number of sulfonamides is 1. The Morgan fingerprint density at radius 3 is 2.28 bits per heavy atom. The molecule has 2 aromatic rings. The number of amides is 1.